The van der Waals surface area contributed by atoms with Crippen LogP contribution in [0.1, 0.15) is 28.4 Å². The predicted molar refractivity (Wildman–Crippen MR) is 130 cm³/mol. The number of carbonyl (C=O) groups excluding carboxylic acids is 1. The molecule has 0 aliphatic heterocycles. The molecule has 0 radical (unpaired) electrons. The van der Waals surface area contributed by atoms with Gasteiger partial charge >= 0.3 is 0 Å². The number of aryl methyl sites for hydroxylation is 2. The summed E-state index contributed by atoms with van der Waals surface area (Å²) < 4.78 is 0. The number of fused-ring (bicyclic) bond motifs is 1. The third-order valence-corrected chi connectivity index (χ3v) is 5.33. The summed E-state index contributed by atoms with van der Waals surface area (Å²) in [6.45, 7) is 3.98. The molecule has 33 heavy (non-hydrogen) atoms. The van der Waals surface area contributed by atoms with Gasteiger partial charge in [0, 0.05) is 11.8 Å². The van der Waals surface area contributed by atoms with E-state index in [2.05, 4.69) is 27.8 Å². The molecule has 0 spiro atoms. The number of hydrogen-bond acceptors (Lipinski definition) is 6. The molecule has 4 aromatic rings. The lowest BCUT2D eigenvalue weighted by Crippen LogP contribution is -2.34. The van der Waals surface area contributed by atoms with E-state index in [1.165, 1.54) is 23.8 Å². The fraction of sp³-hybridized carbons (Fsp3) is 0.130. The Hall–Kier alpha value is -4.18. The summed E-state index contributed by atoms with van der Waals surface area (Å²) in [5.74, 6) is -0.667. The molecule has 9 nitrogen and oxygen atoms in total. The Morgan fingerprint density at radius 3 is 2.42 bits per heavy atom. The SMILES string of the molecule is CCc1ccc(-n2nc3cc(C)c(NC(=S)NC(=O)c4ccccc4[N+](=O)[O-])cc3n2)cc1. The average Bonchev–Trinajstić information content (AvgIpc) is 3.21. The molecule has 1 aromatic heterocycles. The van der Waals surface area contributed by atoms with Crippen LogP contribution in [0, 0.1) is 17.0 Å². The Bertz CT molecular complexity index is 1380. The molecule has 166 valence electrons. The number of nitro benzene ring substituents is 1. The Morgan fingerprint density at radius 2 is 1.76 bits per heavy atom. The number of carbonyl (C=O) groups is 1. The third kappa shape index (κ3) is 4.70. The van der Waals surface area contributed by atoms with Gasteiger partial charge in [-0.25, -0.2) is 0 Å². The largest absolute Gasteiger partial charge is 0.332 e. The van der Waals surface area contributed by atoms with E-state index in [1.807, 2.05) is 37.3 Å². The molecule has 0 aliphatic rings. The van der Waals surface area contributed by atoms with Crippen molar-refractivity contribution in [2.24, 2.45) is 0 Å². The van der Waals surface area contributed by atoms with Crippen LogP contribution in [0.4, 0.5) is 11.4 Å². The van der Waals surface area contributed by atoms with E-state index >= 15 is 0 Å². The Labute approximate surface area is 194 Å². The van der Waals surface area contributed by atoms with Crippen LogP contribution in [0.3, 0.4) is 0 Å². The summed E-state index contributed by atoms with van der Waals surface area (Å²) in [6, 6.07) is 17.4. The fourth-order valence-electron chi connectivity index (χ4n) is 3.33. The van der Waals surface area contributed by atoms with Gasteiger partial charge in [-0.2, -0.15) is 4.80 Å². The van der Waals surface area contributed by atoms with E-state index in [9.17, 15) is 14.9 Å². The number of rotatable bonds is 5. The first-order valence-corrected chi connectivity index (χ1v) is 10.6. The molecule has 0 bridgehead atoms. The van der Waals surface area contributed by atoms with Crippen LogP contribution in [-0.4, -0.2) is 30.9 Å². The van der Waals surface area contributed by atoms with Crippen LogP contribution in [0.5, 0.6) is 0 Å². The molecule has 10 heteroatoms. The van der Waals surface area contributed by atoms with E-state index in [1.54, 1.807) is 16.9 Å². The summed E-state index contributed by atoms with van der Waals surface area (Å²) in [7, 11) is 0. The van der Waals surface area contributed by atoms with Gasteiger partial charge in [0.05, 0.1) is 10.6 Å². The second-order valence-corrected chi connectivity index (χ2v) is 7.76. The molecule has 0 unspecified atom stereocenters. The lowest BCUT2D eigenvalue weighted by molar-refractivity contribution is -0.385. The van der Waals surface area contributed by atoms with Crippen molar-refractivity contribution in [1.82, 2.24) is 20.3 Å². The molecule has 0 atom stereocenters. The quantitative estimate of drug-likeness (QED) is 0.259. The third-order valence-electron chi connectivity index (χ3n) is 5.12. The number of thiocarbonyl (C=S) groups is 1. The highest BCUT2D eigenvalue weighted by molar-refractivity contribution is 7.80. The number of nitrogens with one attached hydrogen (secondary N) is 2. The number of nitro groups is 1. The standard InChI is InChI=1S/C23H20N6O3S/c1-3-15-8-10-16(11-9-15)28-26-19-12-14(2)18(13-20(19)27-28)24-23(33)25-22(30)17-6-4-5-7-21(17)29(31)32/h4-13H,3H2,1-2H3,(H2,24,25,30,33). The van der Waals surface area contributed by atoms with Gasteiger partial charge in [0.15, 0.2) is 5.11 Å². The summed E-state index contributed by atoms with van der Waals surface area (Å²) in [5.41, 5.74) is 4.57. The molecule has 1 amide bonds. The maximum atomic E-state index is 12.5. The van der Waals surface area contributed by atoms with Gasteiger partial charge in [0.2, 0.25) is 0 Å². The Kier molecular flexibility index (Phi) is 6.09. The minimum absolute atomic E-state index is 0.0168. The number of aromatic nitrogens is 3. The second kappa shape index (κ2) is 9.13. The van der Waals surface area contributed by atoms with Crippen molar-refractivity contribution >= 4 is 45.6 Å². The zero-order valence-electron chi connectivity index (χ0n) is 17.9. The van der Waals surface area contributed by atoms with Gasteiger partial charge in [-0.1, -0.05) is 31.2 Å². The zero-order chi connectivity index (χ0) is 23.5. The minimum atomic E-state index is -0.667. The first-order valence-electron chi connectivity index (χ1n) is 10.2. The Balaban J connectivity index is 1.53. The van der Waals surface area contributed by atoms with Crippen LogP contribution < -0.4 is 10.6 Å². The van der Waals surface area contributed by atoms with Gasteiger partial charge in [-0.15, -0.1) is 10.2 Å². The summed E-state index contributed by atoms with van der Waals surface area (Å²) >= 11 is 5.25. The maximum absolute atomic E-state index is 12.5. The molecule has 0 saturated heterocycles. The van der Waals surface area contributed by atoms with Crippen molar-refractivity contribution in [3.8, 4) is 5.69 Å². The molecule has 3 aromatic carbocycles. The van der Waals surface area contributed by atoms with Crippen LogP contribution in [-0.2, 0) is 6.42 Å². The van der Waals surface area contributed by atoms with Gasteiger partial charge in [-0.05, 0) is 67.0 Å². The number of amides is 1. The lowest BCUT2D eigenvalue weighted by Gasteiger charge is -2.11. The van der Waals surface area contributed by atoms with Crippen molar-refractivity contribution in [2.75, 3.05) is 5.32 Å². The van der Waals surface area contributed by atoms with Crippen molar-refractivity contribution in [1.29, 1.82) is 0 Å². The highest BCUT2D eigenvalue weighted by Crippen LogP contribution is 2.23. The molecular weight excluding hydrogens is 440 g/mol. The topological polar surface area (TPSA) is 115 Å². The maximum Gasteiger partial charge on any atom is 0.282 e. The molecule has 1 heterocycles. The van der Waals surface area contributed by atoms with E-state index in [0.717, 1.165) is 17.7 Å². The zero-order valence-corrected chi connectivity index (χ0v) is 18.7. The van der Waals surface area contributed by atoms with Gasteiger partial charge < -0.3 is 5.32 Å². The summed E-state index contributed by atoms with van der Waals surface area (Å²) in [4.78, 5) is 24.6. The van der Waals surface area contributed by atoms with Crippen LogP contribution >= 0.6 is 12.2 Å². The van der Waals surface area contributed by atoms with Gasteiger partial charge in [0.25, 0.3) is 11.6 Å². The summed E-state index contributed by atoms with van der Waals surface area (Å²) in [5, 5.41) is 25.7. The molecule has 4 rings (SSSR count). The highest BCUT2D eigenvalue weighted by atomic mass is 32.1. The van der Waals surface area contributed by atoms with E-state index in [-0.39, 0.29) is 16.4 Å². The number of para-hydroxylation sites is 1. The lowest BCUT2D eigenvalue weighted by atomic mass is 10.1. The highest BCUT2D eigenvalue weighted by Gasteiger charge is 2.20. The van der Waals surface area contributed by atoms with Crippen molar-refractivity contribution in [3.63, 3.8) is 0 Å². The number of nitrogens with zero attached hydrogens (tertiary/aromatic N) is 4. The molecular formula is C23H20N6O3S. The first kappa shape index (κ1) is 22.0. The fourth-order valence-corrected chi connectivity index (χ4v) is 3.53. The van der Waals surface area contributed by atoms with E-state index in [4.69, 9.17) is 12.2 Å². The number of benzene rings is 3. The van der Waals surface area contributed by atoms with Crippen molar-refractivity contribution in [2.45, 2.75) is 20.3 Å². The van der Waals surface area contributed by atoms with Crippen molar-refractivity contribution < 1.29 is 9.72 Å². The van der Waals surface area contributed by atoms with Crippen LogP contribution in [0.2, 0.25) is 0 Å². The smallest absolute Gasteiger partial charge is 0.282 e. The van der Waals surface area contributed by atoms with Crippen molar-refractivity contribution in [3.05, 3.63) is 87.5 Å². The van der Waals surface area contributed by atoms with Gasteiger partial charge in [0.1, 0.15) is 16.6 Å². The normalized spacial score (nSPS) is 10.7. The molecule has 0 fully saturated rings. The average molecular weight is 461 g/mol. The first-order chi connectivity index (χ1) is 15.9. The van der Waals surface area contributed by atoms with Gasteiger partial charge in [-0.3, -0.25) is 20.2 Å². The molecule has 2 N–H and O–H groups in total. The van der Waals surface area contributed by atoms with Crippen LogP contribution in [0.25, 0.3) is 16.7 Å². The van der Waals surface area contributed by atoms with E-state index in [0.29, 0.717) is 16.7 Å². The minimum Gasteiger partial charge on any atom is -0.332 e. The second-order valence-electron chi connectivity index (χ2n) is 7.35. The predicted octanol–water partition coefficient (Wildman–Crippen LogP) is 4.33. The van der Waals surface area contributed by atoms with Crippen LogP contribution in [0.15, 0.2) is 60.7 Å². The molecule has 0 saturated carbocycles. The van der Waals surface area contributed by atoms with E-state index < -0.39 is 10.8 Å². The molecule has 0 aliphatic carbocycles. The number of hydrogen-bond donors (Lipinski definition) is 2. The number of anilines is 1. The Morgan fingerprint density at radius 1 is 1.09 bits per heavy atom. The monoisotopic (exact) mass is 460 g/mol. The summed E-state index contributed by atoms with van der Waals surface area (Å²) in [6.07, 6.45) is 0.955.